The topological polar surface area (TPSA) is 21.3 Å². The SMILES string of the molecule is COc1ccc(CSC2CCNC2)cc1. The number of rotatable bonds is 4. The van der Waals surface area contributed by atoms with Gasteiger partial charge in [0.1, 0.15) is 5.75 Å². The molecule has 15 heavy (non-hydrogen) atoms. The molecular weight excluding hydrogens is 206 g/mol. The van der Waals surface area contributed by atoms with Crippen LogP contribution >= 0.6 is 11.8 Å². The van der Waals surface area contributed by atoms with Crippen molar-refractivity contribution in [3.63, 3.8) is 0 Å². The van der Waals surface area contributed by atoms with E-state index in [0.29, 0.717) is 0 Å². The van der Waals surface area contributed by atoms with Gasteiger partial charge in [0.05, 0.1) is 7.11 Å². The molecule has 0 saturated carbocycles. The number of nitrogens with one attached hydrogen (secondary N) is 1. The highest BCUT2D eigenvalue weighted by Gasteiger charge is 2.14. The van der Waals surface area contributed by atoms with Gasteiger partial charge in [-0.1, -0.05) is 12.1 Å². The van der Waals surface area contributed by atoms with Crippen molar-refractivity contribution >= 4 is 11.8 Å². The Labute approximate surface area is 95.4 Å². The van der Waals surface area contributed by atoms with E-state index in [1.54, 1.807) is 7.11 Å². The maximum Gasteiger partial charge on any atom is 0.118 e. The minimum atomic E-state index is 0.798. The van der Waals surface area contributed by atoms with Gasteiger partial charge in [-0.05, 0) is 30.7 Å². The lowest BCUT2D eigenvalue weighted by atomic mass is 10.2. The molecule has 0 amide bonds. The highest BCUT2D eigenvalue weighted by atomic mass is 32.2. The van der Waals surface area contributed by atoms with Gasteiger partial charge in [-0.2, -0.15) is 11.8 Å². The quantitative estimate of drug-likeness (QED) is 0.846. The van der Waals surface area contributed by atoms with Crippen molar-refractivity contribution < 1.29 is 4.74 Å². The summed E-state index contributed by atoms with van der Waals surface area (Å²) in [7, 11) is 1.70. The standard InChI is InChI=1S/C12H17NOS/c1-14-11-4-2-10(3-5-11)9-15-12-6-7-13-8-12/h2-5,12-13H,6-9H2,1H3. The molecule has 0 aliphatic carbocycles. The number of methoxy groups -OCH3 is 1. The fourth-order valence-electron chi connectivity index (χ4n) is 1.71. The largest absolute Gasteiger partial charge is 0.497 e. The molecule has 3 heteroatoms. The zero-order valence-electron chi connectivity index (χ0n) is 9.03. The van der Waals surface area contributed by atoms with Crippen LogP contribution in [-0.2, 0) is 5.75 Å². The van der Waals surface area contributed by atoms with E-state index in [9.17, 15) is 0 Å². The van der Waals surface area contributed by atoms with E-state index < -0.39 is 0 Å². The first-order valence-electron chi connectivity index (χ1n) is 5.34. The molecule has 2 rings (SSSR count). The van der Waals surface area contributed by atoms with Crippen molar-refractivity contribution in [1.29, 1.82) is 0 Å². The van der Waals surface area contributed by atoms with Crippen molar-refractivity contribution in [3.8, 4) is 5.75 Å². The second-order valence-electron chi connectivity index (χ2n) is 3.77. The van der Waals surface area contributed by atoms with Crippen molar-refractivity contribution in [2.45, 2.75) is 17.4 Å². The summed E-state index contributed by atoms with van der Waals surface area (Å²) in [5.74, 6) is 2.04. The molecule has 1 saturated heterocycles. The van der Waals surface area contributed by atoms with Crippen molar-refractivity contribution in [3.05, 3.63) is 29.8 Å². The molecule has 1 aliphatic heterocycles. The van der Waals surface area contributed by atoms with Gasteiger partial charge in [0, 0.05) is 17.5 Å². The van der Waals surface area contributed by atoms with E-state index in [-0.39, 0.29) is 0 Å². The predicted molar refractivity (Wildman–Crippen MR) is 65.6 cm³/mol. The van der Waals surface area contributed by atoms with Crippen LogP contribution < -0.4 is 10.1 Å². The van der Waals surface area contributed by atoms with Crippen LogP contribution in [0.1, 0.15) is 12.0 Å². The van der Waals surface area contributed by atoms with Crippen LogP contribution in [0.25, 0.3) is 0 Å². The van der Waals surface area contributed by atoms with Gasteiger partial charge in [0.15, 0.2) is 0 Å². The molecule has 2 nitrogen and oxygen atoms in total. The summed E-state index contributed by atoms with van der Waals surface area (Å²) >= 11 is 2.05. The van der Waals surface area contributed by atoms with E-state index in [1.165, 1.54) is 25.1 Å². The molecule has 0 aromatic heterocycles. The van der Waals surface area contributed by atoms with E-state index in [4.69, 9.17) is 4.74 Å². The third-order valence-electron chi connectivity index (χ3n) is 2.66. The van der Waals surface area contributed by atoms with Crippen molar-refractivity contribution in [2.75, 3.05) is 20.2 Å². The van der Waals surface area contributed by atoms with Crippen LogP contribution in [0.5, 0.6) is 5.75 Å². The number of ether oxygens (including phenoxy) is 1. The Morgan fingerprint density at radius 2 is 2.20 bits per heavy atom. The lowest BCUT2D eigenvalue weighted by Crippen LogP contribution is -2.10. The average molecular weight is 223 g/mol. The fraction of sp³-hybridized carbons (Fsp3) is 0.500. The Morgan fingerprint density at radius 1 is 1.40 bits per heavy atom. The average Bonchev–Trinajstić information content (AvgIpc) is 2.80. The summed E-state index contributed by atoms with van der Waals surface area (Å²) in [6.07, 6.45) is 1.31. The number of benzene rings is 1. The molecule has 1 fully saturated rings. The molecule has 82 valence electrons. The molecule has 0 radical (unpaired) electrons. The van der Waals surface area contributed by atoms with Gasteiger partial charge < -0.3 is 10.1 Å². The number of thioether (sulfide) groups is 1. The maximum atomic E-state index is 5.13. The summed E-state index contributed by atoms with van der Waals surface area (Å²) in [6, 6.07) is 8.36. The Hall–Kier alpha value is -0.670. The predicted octanol–water partition coefficient (Wildman–Crippen LogP) is 2.29. The Morgan fingerprint density at radius 3 is 2.80 bits per heavy atom. The van der Waals surface area contributed by atoms with Gasteiger partial charge in [0.2, 0.25) is 0 Å². The van der Waals surface area contributed by atoms with E-state index >= 15 is 0 Å². The second kappa shape index (κ2) is 5.42. The zero-order valence-corrected chi connectivity index (χ0v) is 9.85. The van der Waals surface area contributed by atoms with Crippen LogP contribution in [0.3, 0.4) is 0 Å². The van der Waals surface area contributed by atoms with Gasteiger partial charge in [0.25, 0.3) is 0 Å². The molecule has 1 unspecified atom stereocenters. The normalized spacial score (nSPS) is 20.5. The Bertz CT molecular complexity index is 293. The summed E-state index contributed by atoms with van der Waals surface area (Å²) < 4.78 is 5.13. The summed E-state index contributed by atoms with van der Waals surface area (Å²) in [5, 5.41) is 4.18. The molecule has 1 aliphatic rings. The van der Waals surface area contributed by atoms with Crippen molar-refractivity contribution in [1.82, 2.24) is 5.32 Å². The van der Waals surface area contributed by atoms with E-state index in [2.05, 4.69) is 17.4 Å². The summed E-state index contributed by atoms with van der Waals surface area (Å²) in [5.41, 5.74) is 1.38. The monoisotopic (exact) mass is 223 g/mol. The van der Waals surface area contributed by atoms with Crippen LogP contribution in [0.4, 0.5) is 0 Å². The molecule has 0 bridgehead atoms. The first-order valence-corrected chi connectivity index (χ1v) is 6.38. The van der Waals surface area contributed by atoms with Crippen LogP contribution in [0.15, 0.2) is 24.3 Å². The van der Waals surface area contributed by atoms with E-state index in [0.717, 1.165) is 16.8 Å². The van der Waals surface area contributed by atoms with Gasteiger partial charge >= 0.3 is 0 Å². The molecular formula is C12H17NOS. The smallest absolute Gasteiger partial charge is 0.118 e. The summed E-state index contributed by atoms with van der Waals surface area (Å²) in [4.78, 5) is 0. The minimum absolute atomic E-state index is 0.798. The molecule has 1 atom stereocenters. The minimum Gasteiger partial charge on any atom is -0.497 e. The highest BCUT2D eigenvalue weighted by molar-refractivity contribution is 7.99. The first-order chi connectivity index (χ1) is 7.38. The Kier molecular flexibility index (Phi) is 3.92. The van der Waals surface area contributed by atoms with E-state index in [1.807, 2.05) is 23.9 Å². The lowest BCUT2D eigenvalue weighted by molar-refractivity contribution is 0.414. The number of hydrogen-bond acceptors (Lipinski definition) is 3. The number of hydrogen-bond donors (Lipinski definition) is 1. The second-order valence-corrected chi connectivity index (χ2v) is 5.06. The molecule has 1 aromatic carbocycles. The van der Waals surface area contributed by atoms with Crippen LogP contribution in [-0.4, -0.2) is 25.4 Å². The molecule has 1 heterocycles. The highest BCUT2D eigenvalue weighted by Crippen LogP contribution is 2.23. The third-order valence-corrected chi connectivity index (χ3v) is 4.03. The Balaban J connectivity index is 1.82. The fourth-order valence-corrected chi connectivity index (χ4v) is 2.85. The molecule has 1 N–H and O–H groups in total. The molecule has 1 aromatic rings. The molecule has 0 spiro atoms. The maximum absolute atomic E-state index is 5.13. The van der Waals surface area contributed by atoms with Crippen molar-refractivity contribution in [2.24, 2.45) is 0 Å². The van der Waals surface area contributed by atoms with Gasteiger partial charge in [-0.25, -0.2) is 0 Å². The summed E-state index contributed by atoms with van der Waals surface area (Å²) in [6.45, 7) is 2.35. The van der Waals surface area contributed by atoms with Crippen LogP contribution in [0, 0.1) is 0 Å². The lowest BCUT2D eigenvalue weighted by Gasteiger charge is -2.08. The first kappa shape index (κ1) is 10.8. The third kappa shape index (κ3) is 3.14. The van der Waals surface area contributed by atoms with Crippen LogP contribution in [0.2, 0.25) is 0 Å². The van der Waals surface area contributed by atoms with Gasteiger partial charge in [-0.15, -0.1) is 0 Å². The zero-order chi connectivity index (χ0) is 10.5. The van der Waals surface area contributed by atoms with Gasteiger partial charge in [-0.3, -0.25) is 0 Å².